The molecular formula is C29H37NO3. The average Bonchev–Trinajstić information content (AvgIpc) is 2.87. The predicted octanol–water partition coefficient (Wildman–Crippen LogP) is 7.43. The lowest BCUT2D eigenvalue weighted by Gasteiger charge is -2.30. The molecule has 0 spiro atoms. The molecule has 0 bridgehead atoms. The van der Waals surface area contributed by atoms with Crippen LogP contribution in [0.15, 0.2) is 48.5 Å². The topological polar surface area (TPSA) is 59.3 Å². The Labute approximate surface area is 198 Å². The normalized spacial score (nSPS) is 19.8. The molecule has 1 aliphatic rings. The van der Waals surface area contributed by atoms with Gasteiger partial charge in [0.25, 0.3) is 0 Å². The Morgan fingerprint density at radius 3 is 2.12 bits per heavy atom. The molecule has 1 unspecified atom stereocenters. The molecule has 33 heavy (non-hydrogen) atoms. The van der Waals surface area contributed by atoms with Gasteiger partial charge in [-0.2, -0.15) is 5.26 Å². The average molecular weight is 448 g/mol. The number of ether oxygens (including phenoxy) is 2. The molecule has 0 aliphatic heterocycles. The summed E-state index contributed by atoms with van der Waals surface area (Å²) in [6.07, 6.45) is 7.60. The van der Waals surface area contributed by atoms with Gasteiger partial charge in [-0.25, -0.2) is 0 Å². The van der Waals surface area contributed by atoms with Crippen molar-refractivity contribution in [3.63, 3.8) is 0 Å². The van der Waals surface area contributed by atoms with E-state index < -0.39 is 5.41 Å². The third-order valence-electron chi connectivity index (χ3n) is 6.94. The van der Waals surface area contributed by atoms with Gasteiger partial charge in [-0.15, -0.1) is 0 Å². The van der Waals surface area contributed by atoms with Crippen LogP contribution < -0.4 is 4.74 Å². The van der Waals surface area contributed by atoms with Crippen molar-refractivity contribution in [3.8, 4) is 22.9 Å². The van der Waals surface area contributed by atoms with Crippen LogP contribution in [0, 0.1) is 16.7 Å². The Morgan fingerprint density at radius 2 is 1.58 bits per heavy atom. The lowest BCUT2D eigenvalue weighted by Crippen LogP contribution is -2.33. The number of rotatable bonds is 10. The smallest absolute Gasteiger partial charge is 0.326 e. The largest absolute Gasteiger partial charge is 0.494 e. The second-order valence-electron chi connectivity index (χ2n) is 9.38. The molecule has 0 aromatic heterocycles. The molecule has 4 nitrogen and oxygen atoms in total. The second-order valence-corrected chi connectivity index (χ2v) is 9.38. The van der Waals surface area contributed by atoms with Crippen LogP contribution in [0.2, 0.25) is 0 Å². The molecule has 0 saturated heterocycles. The van der Waals surface area contributed by atoms with Gasteiger partial charge in [0.15, 0.2) is 5.41 Å². The fraction of sp³-hybridized carbons (Fsp3) is 0.517. The monoisotopic (exact) mass is 447 g/mol. The van der Waals surface area contributed by atoms with Crippen LogP contribution in [0.4, 0.5) is 0 Å². The standard InChI is InChI=1S/C29H37NO3/c1-4-6-7-20-32-26-16-12-24(13-17-26)22-8-10-23(11-9-22)25-14-18-27(19-15-25)33-28(31)29(3,5-2)21-30/h8-13,16-17,25,27H,4-7,14-15,18-20H2,1-3H3. The van der Waals surface area contributed by atoms with E-state index in [1.807, 2.05) is 19.1 Å². The lowest BCUT2D eigenvalue weighted by atomic mass is 9.82. The maximum atomic E-state index is 12.4. The Hall–Kier alpha value is -2.80. The van der Waals surface area contributed by atoms with Gasteiger partial charge in [-0.1, -0.05) is 63.1 Å². The van der Waals surface area contributed by atoms with Gasteiger partial charge in [0, 0.05) is 0 Å². The van der Waals surface area contributed by atoms with Crippen LogP contribution in [-0.4, -0.2) is 18.7 Å². The maximum Gasteiger partial charge on any atom is 0.326 e. The van der Waals surface area contributed by atoms with E-state index in [1.54, 1.807) is 6.92 Å². The highest BCUT2D eigenvalue weighted by molar-refractivity contribution is 5.79. The van der Waals surface area contributed by atoms with Crippen molar-refractivity contribution in [2.75, 3.05) is 6.61 Å². The molecular weight excluding hydrogens is 410 g/mol. The second kappa shape index (κ2) is 11.9. The number of carbonyl (C=O) groups is 1. The van der Waals surface area contributed by atoms with E-state index in [-0.39, 0.29) is 12.1 Å². The number of hydrogen-bond donors (Lipinski definition) is 0. The summed E-state index contributed by atoms with van der Waals surface area (Å²) in [6, 6.07) is 19.3. The number of carbonyl (C=O) groups excluding carboxylic acids is 1. The quantitative estimate of drug-likeness (QED) is 0.281. The molecule has 3 rings (SSSR count). The molecule has 4 heteroatoms. The SMILES string of the molecule is CCCCCOc1ccc(-c2ccc(C3CCC(OC(=O)C(C)(C#N)CC)CC3)cc2)cc1. The van der Waals surface area contributed by atoms with Gasteiger partial charge in [0.05, 0.1) is 12.7 Å². The number of nitriles is 1. The molecule has 0 radical (unpaired) electrons. The van der Waals surface area contributed by atoms with Gasteiger partial charge in [0.1, 0.15) is 11.9 Å². The molecule has 176 valence electrons. The molecule has 1 aliphatic carbocycles. The summed E-state index contributed by atoms with van der Waals surface area (Å²) in [5.74, 6) is 1.04. The van der Waals surface area contributed by atoms with Crippen molar-refractivity contribution >= 4 is 5.97 Å². The third kappa shape index (κ3) is 6.60. The molecule has 1 atom stereocenters. The first-order valence-corrected chi connectivity index (χ1v) is 12.4. The van der Waals surface area contributed by atoms with Crippen molar-refractivity contribution in [1.29, 1.82) is 5.26 Å². The van der Waals surface area contributed by atoms with Crippen molar-refractivity contribution in [1.82, 2.24) is 0 Å². The summed E-state index contributed by atoms with van der Waals surface area (Å²) in [5.41, 5.74) is 2.70. The van der Waals surface area contributed by atoms with E-state index in [0.717, 1.165) is 44.5 Å². The minimum atomic E-state index is -1.04. The Bertz CT molecular complexity index is 921. The predicted molar refractivity (Wildman–Crippen MR) is 132 cm³/mol. The molecule has 1 fully saturated rings. The minimum absolute atomic E-state index is 0.0741. The van der Waals surface area contributed by atoms with Crippen molar-refractivity contribution in [3.05, 3.63) is 54.1 Å². The van der Waals surface area contributed by atoms with E-state index in [0.29, 0.717) is 12.3 Å². The van der Waals surface area contributed by atoms with Crippen molar-refractivity contribution in [2.45, 2.75) is 84.2 Å². The fourth-order valence-corrected chi connectivity index (χ4v) is 4.30. The Morgan fingerprint density at radius 1 is 0.970 bits per heavy atom. The minimum Gasteiger partial charge on any atom is -0.494 e. The van der Waals surface area contributed by atoms with E-state index in [9.17, 15) is 10.1 Å². The molecule has 2 aromatic rings. The van der Waals surface area contributed by atoms with Crippen LogP contribution in [0.1, 0.15) is 83.6 Å². The Kier molecular flexibility index (Phi) is 8.95. The van der Waals surface area contributed by atoms with Gasteiger partial charge >= 0.3 is 5.97 Å². The number of nitrogens with zero attached hydrogens (tertiary/aromatic N) is 1. The molecule has 2 aromatic carbocycles. The molecule has 0 N–H and O–H groups in total. The van der Waals surface area contributed by atoms with Gasteiger partial charge in [-0.05, 0) is 80.2 Å². The van der Waals surface area contributed by atoms with E-state index in [1.165, 1.54) is 29.5 Å². The summed E-state index contributed by atoms with van der Waals surface area (Å²) < 4.78 is 11.5. The highest BCUT2D eigenvalue weighted by Crippen LogP contribution is 2.36. The number of unbranched alkanes of at least 4 members (excludes halogenated alkanes) is 2. The number of benzene rings is 2. The fourth-order valence-electron chi connectivity index (χ4n) is 4.30. The van der Waals surface area contributed by atoms with Crippen LogP contribution in [-0.2, 0) is 9.53 Å². The molecule has 0 amide bonds. The summed E-state index contributed by atoms with van der Waals surface area (Å²) in [4.78, 5) is 12.4. The van der Waals surface area contributed by atoms with Crippen molar-refractivity contribution in [2.24, 2.45) is 5.41 Å². The first kappa shape index (κ1) is 24.8. The first-order valence-electron chi connectivity index (χ1n) is 12.4. The number of esters is 1. The zero-order chi connectivity index (χ0) is 23.7. The molecule has 1 saturated carbocycles. The van der Waals surface area contributed by atoms with Crippen molar-refractivity contribution < 1.29 is 14.3 Å². The van der Waals surface area contributed by atoms with Crippen LogP contribution in [0.5, 0.6) is 5.75 Å². The third-order valence-corrected chi connectivity index (χ3v) is 6.94. The van der Waals surface area contributed by atoms with E-state index in [2.05, 4.69) is 49.4 Å². The molecule has 0 heterocycles. The Balaban J connectivity index is 1.51. The summed E-state index contributed by atoms with van der Waals surface area (Å²) in [6.45, 7) is 6.49. The summed E-state index contributed by atoms with van der Waals surface area (Å²) in [5, 5.41) is 9.29. The number of hydrogen-bond acceptors (Lipinski definition) is 4. The van der Waals surface area contributed by atoms with Crippen LogP contribution in [0.25, 0.3) is 11.1 Å². The maximum absolute atomic E-state index is 12.4. The van der Waals surface area contributed by atoms with Crippen LogP contribution in [0.3, 0.4) is 0 Å². The first-order chi connectivity index (χ1) is 16.0. The highest BCUT2D eigenvalue weighted by Gasteiger charge is 2.35. The summed E-state index contributed by atoms with van der Waals surface area (Å²) >= 11 is 0. The van der Waals surface area contributed by atoms with E-state index in [4.69, 9.17) is 9.47 Å². The van der Waals surface area contributed by atoms with Gasteiger partial charge < -0.3 is 9.47 Å². The van der Waals surface area contributed by atoms with Gasteiger partial charge in [-0.3, -0.25) is 4.79 Å². The lowest BCUT2D eigenvalue weighted by molar-refractivity contribution is -0.159. The zero-order valence-electron chi connectivity index (χ0n) is 20.3. The summed E-state index contributed by atoms with van der Waals surface area (Å²) in [7, 11) is 0. The zero-order valence-corrected chi connectivity index (χ0v) is 20.3. The van der Waals surface area contributed by atoms with E-state index >= 15 is 0 Å². The highest BCUT2D eigenvalue weighted by atomic mass is 16.5. The van der Waals surface area contributed by atoms with Crippen LogP contribution >= 0.6 is 0 Å². The van der Waals surface area contributed by atoms with Gasteiger partial charge in [0.2, 0.25) is 0 Å².